The van der Waals surface area contributed by atoms with Crippen LogP contribution in [-0.4, -0.2) is 9.97 Å². The number of benzene rings is 1. The Kier molecular flexibility index (Phi) is 2.33. The van der Waals surface area contributed by atoms with Crippen molar-refractivity contribution in [3.63, 3.8) is 0 Å². The summed E-state index contributed by atoms with van der Waals surface area (Å²) in [5, 5.41) is 0.594. The average Bonchev–Trinajstić information content (AvgIpc) is 2.18. The van der Waals surface area contributed by atoms with E-state index in [1.165, 1.54) is 6.20 Å². The molecule has 0 atom stereocenters. The van der Waals surface area contributed by atoms with E-state index in [4.69, 9.17) is 11.6 Å². The van der Waals surface area contributed by atoms with Crippen molar-refractivity contribution in [2.45, 2.75) is 0 Å². The lowest BCUT2D eigenvalue weighted by Crippen LogP contribution is -2.05. The number of hydrogen-bond donors (Lipinski definition) is 1. The average molecular weight is 207 g/mol. The van der Waals surface area contributed by atoms with Crippen molar-refractivity contribution in [3.8, 4) is 11.3 Å². The molecule has 1 aromatic heterocycles. The molecule has 0 aliphatic heterocycles. The van der Waals surface area contributed by atoms with Crippen LogP contribution in [0.2, 0.25) is 5.02 Å². The smallest absolute Gasteiger partial charge is 0.266 e. The van der Waals surface area contributed by atoms with Gasteiger partial charge in [-0.05, 0) is 6.07 Å². The number of hydrogen-bond acceptors (Lipinski definition) is 2. The first-order valence-electron chi connectivity index (χ1n) is 4.06. The topological polar surface area (TPSA) is 45.8 Å². The van der Waals surface area contributed by atoms with Gasteiger partial charge in [0.05, 0.1) is 18.1 Å². The van der Waals surface area contributed by atoms with Gasteiger partial charge in [-0.3, -0.25) is 9.78 Å². The normalized spacial score (nSPS) is 10.1. The van der Waals surface area contributed by atoms with Crippen molar-refractivity contribution in [2.75, 3.05) is 0 Å². The highest BCUT2D eigenvalue weighted by Crippen LogP contribution is 2.24. The molecule has 0 aliphatic rings. The van der Waals surface area contributed by atoms with E-state index >= 15 is 0 Å². The lowest BCUT2D eigenvalue weighted by atomic mass is 10.2. The maximum atomic E-state index is 11.0. The van der Waals surface area contributed by atoms with Crippen LogP contribution < -0.4 is 5.56 Å². The van der Waals surface area contributed by atoms with E-state index in [1.54, 1.807) is 12.3 Å². The zero-order valence-corrected chi connectivity index (χ0v) is 7.95. The summed E-state index contributed by atoms with van der Waals surface area (Å²) in [5.41, 5.74) is 1.17. The second-order valence-corrected chi connectivity index (χ2v) is 3.20. The molecule has 0 unspecified atom stereocenters. The summed E-state index contributed by atoms with van der Waals surface area (Å²) in [6, 6.07) is 7.28. The molecule has 0 bridgehead atoms. The first-order valence-corrected chi connectivity index (χ1v) is 4.44. The third kappa shape index (κ3) is 1.67. The number of nitrogens with zero attached hydrogens (tertiary/aromatic N) is 1. The lowest BCUT2D eigenvalue weighted by Gasteiger charge is -2.01. The van der Waals surface area contributed by atoms with Crippen LogP contribution in [0, 0.1) is 0 Å². The van der Waals surface area contributed by atoms with Crippen molar-refractivity contribution >= 4 is 11.6 Å². The van der Waals surface area contributed by atoms with E-state index in [1.807, 2.05) is 18.2 Å². The molecule has 0 aliphatic carbocycles. The van der Waals surface area contributed by atoms with Gasteiger partial charge in [0.2, 0.25) is 0 Å². The van der Waals surface area contributed by atoms with Gasteiger partial charge in [0.25, 0.3) is 5.56 Å². The quantitative estimate of drug-likeness (QED) is 0.777. The van der Waals surface area contributed by atoms with E-state index < -0.39 is 0 Å². The molecule has 0 radical (unpaired) electrons. The number of rotatable bonds is 1. The second-order valence-electron chi connectivity index (χ2n) is 2.79. The van der Waals surface area contributed by atoms with Crippen LogP contribution in [0.25, 0.3) is 11.3 Å². The van der Waals surface area contributed by atoms with Crippen LogP contribution in [0.15, 0.2) is 41.5 Å². The summed E-state index contributed by atoms with van der Waals surface area (Å²) in [4.78, 5) is 17.5. The van der Waals surface area contributed by atoms with Crippen LogP contribution >= 0.6 is 11.6 Å². The number of aromatic amines is 1. The van der Waals surface area contributed by atoms with Gasteiger partial charge in [0.15, 0.2) is 0 Å². The summed E-state index contributed by atoms with van der Waals surface area (Å²) < 4.78 is 0. The summed E-state index contributed by atoms with van der Waals surface area (Å²) in [6.07, 6.45) is 2.79. The van der Waals surface area contributed by atoms with Gasteiger partial charge < -0.3 is 4.98 Å². The zero-order valence-electron chi connectivity index (χ0n) is 7.20. The van der Waals surface area contributed by atoms with Gasteiger partial charge in [-0.25, -0.2) is 0 Å². The van der Waals surface area contributed by atoms with Crippen molar-refractivity contribution in [1.82, 2.24) is 9.97 Å². The predicted octanol–water partition coefficient (Wildman–Crippen LogP) is 2.09. The van der Waals surface area contributed by atoms with E-state index in [0.717, 1.165) is 5.56 Å². The Morgan fingerprint density at radius 2 is 2.00 bits per heavy atom. The van der Waals surface area contributed by atoms with Crippen LogP contribution in [-0.2, 0) is 0 Å². The molecule has 2 aromatic rings. The minimum absolute atomic E-state index is 0.234. The van der Waals surface area contributed by atoms with Gasteiger partial charge in [0, 0.05) is 10.6 Å². The minimum Gasteiger partial charge on any atom is -0.319 e. The van der Waals surface area contributed by atoms with Crippen LogP contribution in [0.3, 0.4) is 0 Å². The van der Waals surface area contributed by atoms with E-state index in [0.29, 0.717) is 10.7 Å². The maximum absolute atomic E-state index is 11.0. The SMILES string of the molecule is O=c1cncc(-c2ccccc2Cl)[nH]1. The van der Waals surface area contributed by atoms with Gasteiger partial charge in [0.1, 0.15) is 0 Å². The lowest BCUT2D eigenvalue weighted by molar-refractivity contribution is 1.14. The van der Waals surface area contributed by atoms with Crippen LogP contribution in [0.5, 0.6) is 0 Å². The molecule has 1 heterocycles. The molecule has 0 fully saturated rings. The van der Waals surface area contributed by atoms with Crippen molar-refractivity contribution in [3.05, 3.63) is 52.0 Å². The molecule has 0 spiro atoms. The number of H-pyrrole nitrogens is 1. The molecule has 3 nitrogen and oxygen atoms in total. The largest absolute Gasteiger partial charge is 0.319 e. The van der Waals surface area contributed by atoms with Crippen molar-refractivity contribution in [1.29, 1.82) is 0 Å². The standard InChI is InChI=1S/C10H7ClN2O/c11-8-4-2-1-3-7(8)9-5-12-6-10(14)13-9/h1-6H,(H,13,14). The van der Waals surface area contributed by atoms with Crippen LogP contribution in [0.1, 0.15) is 0 Å². The van der Waals surface area contributed by atoms with Gasteiger partial charge >= 0.3 is 0 Å². The predicted molar refractivity (Wildman–Crippen MR) is 55.3 cm³/mol. The molecule has 0 amide bonds. The Hall–Kier alpha value is -1.61. The molecule has 14 heavy (non-hydrogen) atoms. The third-order valence-corrected chi connectivity index (χ3v) is 2.15. The van der Waals surface area contributed by atoms with Gasteiger partial charge in [-0.2, -0.15) is 0 Å². The van der Waals surface area contributed by atoms with E-state index in [9.17, 15) is 4.79 Å². The fourth-order valence-corrected chi connectivity index (χ4v) is 1.43. The Morgan fingerprint density at radius 1 is 1.21 bits per heavy atom. The second kappa shape index (κ2) is 3.64. The summed E-state index contributed by atoms with van der Waals surface area (Å²) in [7, 11) is 0. The summed E-state index contributed by atoms with van der Waals surface area (Å²) in [5.74, 6) is 0. The van der Waals surface area contributed by atoms with E-state index in [2.05, 4.69) is 9.97 Å². The number of halogens is 1. The highest BCUT2D eigenvalue weighted by atomic mass is 35.5. The molecule has 0 saturated heterocycles. The molecule has 1 N–H and O–H groups in total. The zero-order chi connectivity index (χ0) is 9.97. The highest BCUT2D eigenvalue weighted by Gasteiger charge is 2.02. The molecular formula is C10H7ClN2O. The van der Waals surface area contributed by atoms with Gasteiger partial charge in [-0.1, -0.05) is 29.8 Å². The molecular weight excluding hydrogens is 200 g/mol. The molecule has 0 saturated carbocycles. The first-order chi connectivity index (χ1) is 6.77. The van der Waals surface area contributed by atoms with E-state index in [-0.39, 0.29) is 5.56 Å². The fraction of sp³-hybridized carbons (Fsp3) is 0. The molecule has 2 rings (SSSR count). The third-order valence-electron chi connectivity index (χ3n) is 1.82. The Balaban J connectivity index is 2.61. The van der Waals surface area contributed by atoms with Gasteiger partial charge in [-0.15, -0.1) is 0 Å². The summed E-state index contributed by atoms with van der Waals surface area (Å²) >= 11 is 5.96. The number of aromatic nitrogens is 2. The Bertz CT molecular complexity index is 507. The first kappa shape index (κ1) is 8.97. The fourth-order valence-electron chi connectivity index (χ4n) is 1.19. The number of nitrogens with one attached hydrogen (secondary N) is 1. The van der Waals surface area contributed by atoms with Crippen molar-refractivity contribution in [2.24, 2.45) is 0 Å². The molecule has 1 aromatic carbocycles. The van der Waals surface area contributed by atoms with Crippen LogP contribution in [0.4, 0.5) is 0 Å². The Labute approximate surface area is 85.4 Å². The minimum atomic E-state index is -0.234. The highest BCUT2D eigenvalue weighted by molar-refractivity contribution is 6.33. The van der Waals surface area contributed by atoms with Crippen molar-refractivity contribution < 1.29 is 0 Å². The molecule has 4 heteroatoms. The monoisotopic (exact) mass is 206 g/mol. The molecule has 70 valence electrons. The Morgan fingerprint density at radius 3 is 2.71 bits per heavy atom. The summed E-state index contributed by atoms with van der Waals surface area (Å²) in [6.45, 7) is 0. The maximum Gasteiger partial charge on any atom is 0.266 e.